The molecule has 1 aliphatic heterocycles. The molecule has 0 atom stereocenters. The lowest BCUT2D eigenvalue weighted by Gasteiger charge is -2.32. The molecule has 2 aromatic heterocycles. The lowest BCUT2D eigenvalue weighted by atomic mass is 9.82. The van der Waals surface area contributed by atoms with Gasteiger partial charge in [-0.1, -0.05) is 6.07 Å². The van der Waals surface area contributed by atoms with Gasteiger partial charge in [0.15, 0.2) is 0 Å². The van der Waals surface area contributed by atoms with Gasteiger partial charge in [0.2, 0.25) is 0 Å². The zero-order valence-corrected chi connectivity index (χ0v) is 12.9. The van der Waals surface area contributed by atoms with E-state index < -0.39 is 0 Å². The van der Waals surface area contributed by atoms with Crippen LogP contribution in [0, 0.1) is 0 Å². The highest BCUT2D eigenvalue weighted by Gasteiger charge is 2.52. The zero-order valence-electron chi connectivity index (χ0n) is 12.9. The van der Waals surface area contributed by atoms with Crippen molar-refractivity contribution >= 4 is 12.6 Å². The van der Waals surface area contributed by atoms with Gasteiger partial charge >= 0.3 is 7.12 Å². The van der Waals surface area contributed by atoms with Crippen molar-refractivity contribution in [2.45, 2.75) is 45.4 Å². The minimum absolute atomic E-state index is 0.333. The van der Waals surface area contributed by atoms with Gasteiger partial charge in [-0.05, 0) is 39.8 Å². The van der Waals surface area contributed by atoms with Gasteiger partial charge in [0.1, 0.15) is 0 Å². The van der Waals surface area contributed by atoms with E-state index >= 15 is 0 Å². The first kappa shape index (κ1) is 14.3. The second kappa shape index (κ2) is 4.96. The van der Waals surface area contributed by atoms with Crippen molar-refractivity contribution in [3.05, 3.63) is 42.5 Å². The third-order valence-electron chi connectivity index (χ3n) is 4.23. The number of pyridine rings is 1. The Hall–Kier alpha value is -1.66. The fraction of sp³-hybridized carbons (Fsp3) is 0.467. The zero-order chi connectivity index (χ0) is 15.1. The van der Waals surface area contributed by atoms with Crippen molar-refractivity contribution < 1.29 is 9.31 Å². The summed E-state index contributed by atoms with van der Waals surface area (Å²) < 4.78 is 13.9. The fourth-order valence-electron chi connectivity index (χ4n) is 2.22. The maximum absolute atomic E-state index is 6.02. The van der Waals surface area contributed by atoms with Crippen molar-refractivity contribution in [3.63, 3.8) is 0 Å². The molecule has 0 aromatic carbocycles. The largest absolute Gasteiger partial charge is 0.498 e. The maximum atomic E-state index is 6.02. The van der Waals surface area contributed by atoms with Crippen LogP contribution in [0.15, 0.2) is 36.8 Å². The molecule has 0 amide bonds. The standard InChI is InChI=1S/C15H20BN3O2/c1-14(2)15(3,4)21-16(20-14)12-9-18-19(10-12)11-13-7-5-6-8-17-13/h5-10H,11H2,1-4H3. The van der Waals surface area contributed by atoms with Gasteiger partial charge in [-0.25, -0.2) is 0 Å². The second-order valence-corrected chi connectivity index (χ2v) is 6.38. The minimum Gasteiger partial charge on any atom is -0.399 e. The Kier molecular flexibility index (Phi) is 3.38. The molecule has 21 heavy (non-hydrogen) atoms. The Bertz CT molecular complexity index is 609. The molecular formula is C15H20BN3O2. The lowest BCUT2D eigenvalue weighted by Crippen LogP contribution is -2.41. The molecule has 0 bridgehead atoms. The summed E-state index contributed by atoms with van der Waals surface area (Å²) in [5.41, 5.74) is 1.24. The topological polar surface area (TPSA) is 49.2 Å². The third kappa shape index (κ3) is 2.73. The monoisotopic (exact) mass is 285 g/mol. The van der Waals surface area contributed by atoms with Gasteiger partial charge in [0.25, 0.3) is 0 Å². The quantitative estimate of drug-likeness (QED) is 0.804. The van der Waals surface area contributed by atoms with Crippen LogP contribution in [0.3, 0.4) is 0 Å². The van der Waals surface area contributed by atoms with Crippen LogP contribution in [0.1, 0.15) is 33.4 Å². The van der Waals surface area contributed by atoms with Crippen LogP contribution in [-0.4, -0.2) is 33.1 Å². The van der Waals surface area contributed by atoms with Crippen LogP contribution in [0.2, 0.25) is 0 Å². The molecule has 2 aromatic rings. The van der Waals surface area contributed by atoms with E-state index in [4.69, 9.17) is 9.31 Å². The Balaban J connectivity index is 1.74. The maximum Gasteiger partial charge on any atom is 0.498 e. The van der Waals surface area contributed by atoms with Gasteiger partial charge < -0.3 is 9.31 Å². The van der Waals surface area contributed by atoms with Crippen LogP contribution < -0.4 is 5.46 Å². The highest BCUT2D eigenvalue weighted by atomic mass is 16.7. The summed E-state index contributed by atoms with van der Waals surface area (Å²) in [6.45, 7) is 8.83. The van der Waals surface area contributed by atoms with E-state index in [1.165, 1.54) is 0 Å². The smallest absolute Gasteiger partial charge is 0.399 e. The molecule has 0 spiro atoms. The molecule has 3 heterocycles. The molecule has 0 radical (unpaired) electrons. The fourth-order valence-corrected chi connectivity index (χ4v) is 2.22. The van der Waals surface area contributed by atoms with Crippen molar-refractivity contribution in [2.24, 2.45) is 0 Å². The summed E-state index contributed by atoms with van der Waals surface area (Å²) >= 11 is 0. The minimum atomic E-state index is -0.368. The number of rotatable bonds is 3. The number of hydrogen-bond acceptors (Lipinski definition) is 4. The Labute approximate surface area is 125 Å². The molecule has 0 N–H and O–H groups in total. The third-order valence-corrected chi connectivity index (χ3v) is 4.23. The van der Waals surface area contributed by atoms with Gasteiger partial charge in [-0.15, -0.1) is 0 Å². The number of aromatic nitrogens is 3. The average Bonchev–Trinajstić information content (AvgIpc) is 2.94. The van der Waals surface area contributed by atoms with E-state index in [9.17, 15) is 0 Å². The first-order valence-electron chi connectivity index (χ1n) is 7.15. The molecule has 1 saturated heterocycles. The molecule has 1 fully saturated rings. The second-order valence-electron chi connectivity index (χ2n) is 6.38. The molecule has 0 aliphatic carbocycles. The molecule has 110 valence electrons. The highest BCUT2D eigenvalue weighted by Crippen LogP contribution is 2.36. The van der Waals surface area contributed by atoms with E-state index in [1.54, 1.807) is 12.4 Å². The molecule has 1 aliphatic rings. The molecule has 0 saturated carbocycles. The van der Waals surface area contributed by atoms with Crippen LogP contribution in [-0.2, 0) is 15.9 Å². The summed E-state index contributed by atoms with van der Waals surface area (Å²) in [4.78, 5) is 4.30. The Morgan fingerprint density at radius 2 is 1.86 bits per heavy atom. The Morgan fingerprint density at radius 1 is 1.14 bits per heavy atom. The van der Waals surface area contributed by atoms with E-state index in [0.717, 1.165) is 11.2 Å². The average molecular weight is 285 g/mol. The van der Waals surface area contributed by atoms with Crippen molar-refractivity contribution in [1.82, 2.24) is 14.8 Å². The predicted octanol–water partition coefficient (Wildman–Crippen LogP) is 1.63. The first-order chi connectivity index (χ1) is 9.87. The summed E-state index contributed by atoms with van der Waals surface area (Å²) in [5.74, 6) is 0. The molecular weight excluding hydrogens is 265 g/mol. The van der Waals surface area contributed by atoms with E-state index in [0.29, 0.717) is 6.54 Å². The first-order valence-corrected chi connectivity index (χ1v) is 7.15. The summed E-state index contributed by atoms with van der Waals surface area (Å²) in [6, 6.07) is 5.86. The van der Waals surface area contributed by atoms with E-state index in [2.05, 4.69) is 10.1 Å². The van der Waals surface area contributed by atoms with Crippen LogP contribution in [0.5, 0.6) is 0 Å². The van der Waals surface area contributed by atoms with Crippen molar-refractivity contribution in [1.29, 1.82) is 0 Å². The molecule has 5 nitrogen and oxygen atoms in total. The number of hydrogen-bond donors (Lipinski definition) is 0. The Morgan fingerprint density at radius 3 is 2.48 bits per heavy atom. The van der Waals surface area contributed by atoms with Crippen molar-refractivity contribution in [3.8, 4) is 0 Å². The number of nitrogens with zero attached hydrogens (tertiary/aromatic N) is 3. The lowest BCUT2D eigenvalue weighted by molar-refractivity contribution is 0.00578. The van der Waals surface area contributed by atoms with Crippen LogP contribution >= 0.6 is 0 Å². The van der Waals surface area contributed by atoms with Crippen LogP contribution in [0.25, 0.3) is 0 Å². The summed E-state index contributed by atoms with van der Waals surface area (Å²) in [5, 5.41) is 4.37. The van der Waals surface area contributed by atoms with Gasteiger partial charge in [0.05, 0.1) is 23.4 Å². The molecule has 0 unspecified atom stereocenters. The normalized spacial score (nSPS) is 19.9. The van der Waals surface area contributed by atoms with Gasteiger partial charge in [-0.3, -0.25) is 9.67 Å². The predicted molar refractivity (Wildman–Crippen MR) is 81.3 cm³/mol. The molecule has 6 heteroatoms. The van der Waals surface area contributed by atoms with E-state index in [1.807, 2.05) is 56.8 Å². The van der Waals surface area contributed by atoms with E-state index in [-0.39, 0.29) is 18.3 Å². The van der Waals surface area contributed by atoms with Gasteiger partial charge in [0, 0.05) is 24.1 Å². The SMILES string of the molecule is CC1(C)OB(c2cnn(Cc3ccccn3)c2)OC1(C)C. The summed E-state index contributed by atoms with van der Waals surface area (Å²) in [7, 11) is -0.368. The summed E-state index contributed by atoms with van der Waals surface area (Å²) in [6.07, 6.45) is 5.54. The molecule has 3 rings (SSSR count). The van der Waals surface area contributed by atoms with Gasteiger partial charge in [-0.2, -0.15) is 5.10 Å². The van der Waals surface area contributed by atoms with Crippen LogP contribution in [0.4, 0.5) is 0 Å². The van der Waals surface area contributed by atoms with Crippen molar-refractivity contribution in [2.75, 3.05) is 0 Å². The highest BCUT2D eigenvalue weighted by molar-refractivity contribution is 6.61.